The number of fused-ring (bicyclic) bond motifs is 1. The number of anilines is 2. The van der Waals surface area contributed by atoms with Gasteiger partial charge in [0.2, 0.25) is 0 Å². The van der Waals surface area contributed by atoms with Crippen LogP contribution in [-0.4, -0.2) is 44.9 Å². The number of benzene rings is 3. The normalized spacial score (nSPS) is 17.6. The van der Waals surface area contributed by atoms with Crippen LogP contribution in [0.15, 0.2) is 72.8 Å². The smallest absolute Gasteiger partial charge is 0.270 e. The van der Waals surface area contributed by atoms with Crippen molar-refractivity contribution in [2.75, 3.05) is 35.2 Å². The predicted octanol–water partition coefficient (Wildman–Crippen LogP) is 4.09. The van der Waals surface area contributed by atoms with E-state index in [9.17, 15) is 19.5 Å². The third-order valence-corrected chi connectivity index (χ3v) is 7.45. The van der Waals surface area contributed by atoms with Gasteiger partial charge in [0.05, 0.1) is 16.2 Å². The molecular formula is C26H24N4O4S. The molecule has 2 aliphatic rings. The number of non-ortho nitro benzene ring substituents is 1. The Morgan fingerprint density at radius 1 is 1.03 bits per heavy atom. The third kappa shape index (κ3) is 5.07. The molecule has 178 valence electrons. The van der Waals surface area contributed by atoms with Crippen molar-refractivity contribution in [3.63, 3.8) is 0 Å². The Kier molecular flexibility index (Phi) is 6.54. The van der Waals surface area contributed by atoms with E-state index in [-0.39, 0.29) is 11.6 Å². The number of nitro groups is 1. The summed E-state index contributed by atoms with van der Waals surface area (Å²) in [5, 5.41) is 17.6. The number of rotatable bonds is 6. The molecule has 1 saturated heterocycles. The highest BCUT2D eigenvalue weighted by Gasteiger charge is 2.30. The van der Waals surface area contributed by atoms with Crippen molar-refractivity contribution in [3.8, 4) is 0 Å². The maximum atomic E-state index is 13.0. The van der Waals surface area contributed by atoms with E-state index in [1.54, 1.807) is 6.07 Å². The average Bonchev–Trinajstić information content (AvgIpc) is 3.20. The lowest BCUT2D eigenvalue weighted by Crippen LogP contribution is -2.39. The molecule has 0 spiro atoms. The number of hydrogen-bond donors (Lipinski definition) is 2. The van der Waals surface area contributed by atoms with Crippen molar-refractivity contribution in [2.24, 2.45) is 0 Å². The monoisotopic (exact) mass is 488 g/mol. The second-order valence-corrected chi connectivity index (χ2v) is 10.2. The van der Waals surface area contributed by atoms with Crippen molar-refractivity contribution < 1.29 is 14.3 Å². The summed E-state index contributed by atoms with van der Waals surface area (Å²) in [5.74, 6) is 1.12. The van der Waals surface area contributed by atoms with Gasteiger partial charge >= 0.3 is 0 Å². The molecule has 0 aromatic heterocycles. The Balaban J connectivity index is 1.47. The van der Waals surface area contributed by atoms with Crippen LogP contribution in [0.4, 0.5) is 17.1 Å². The van der Waals surface area contributed by atoms with Crippen molar-refractivity contribution in [1.82, 2.24) is 4.90 Å². The summed E-state index contributed by atoms with van der Waals surface area (Å²) in [4.78, 5) is 26.2. The molecule has 0 bridgehead atoms. The van der Waals surface area contributed by atoms with E-state index in [4.69, 9.17) is 0 Å². The lowest BCUT2D eigenvalue weighted by atomic mass is 9.99. The Bertz CT molecular complexity index is 1290. The highest BCUT2D eigenvalue weighted by molar-refractivity contribution is 7.91. The fourth-order valence-corrected chi connectivity index (χ4v) is 5.46. The molecule has 0 aliphatic carbocycles. The van der Waals surface area contributed by atoms with Crippen LogP contribution in [0.2, 0.25) is 0 Å². The maximum absolute atomic E-state index is 13.0. The quantitative estimate of drug-likeness (QED) is 0.234. The highest BCUT2D eigenvalue weighted by atomic mass is 32.2. The first-order valence-electron chi connectivity index (χ1n) is 11.3. The zero-order chi connectivity index (χ0) is 24.4. The first kappa shape index (κ1) is 23.1. The Labute approximate surface area is 206 Å². The predicted molar refractivity (Wildman–Crippen MR) is 138 cm³/mol. The molecule has 2 N–H and O–H groups in total. The molecule has 2 heterocycles. The molecule has 9 heteroatoms. The average molecular weight is 489 g/mol. The van der Waals surface area contributed by atoms with E-state index < -0.39 is 16.1 Å². The minimum atomic E-state index is -0.699. The Morgan fingerprint density at radius 3 is 2.43 bits per heavy atom. The molecule has 0 unspecified atom stereocenters. The minimum absolute atomic E-state index is 0.0731. The van der Waals surface area contributed by atoms with E-state index in [2.05, 4.69) is 15.5 Å². The van der Waals surface area contributed by atoms with Gasteiger partial charge in [0.1, 0.15) is 11.5 Å². The summed E-state index contributed by atoms with van der Waals surface area (Å²) in [7, 11) is 0. The molecule has 1 fully saturated rings. The molecule has 3 aromatic carbocycles. The molecular weight excluding hydrogens is 464 g/mol. The van der Waals surface area contributed by atoms with Crippen LogP contribution in [0.5, 0.6) is 0 Å². The van der Waals surface area contributed by atoms with Crippen LogP contribution in [0.3, 0.4) is 0 Å². The molecule has 0 saturated carbocycles. The standard InChI is InChI=1S/C26H24N4O4S/c31-26-24(22-16-21(30(32)33)10-11-23(22)28-26)25(19-4-2-1-3-5-19)27-20-8-6-18(7-9-20)17-29-12-14-35(34)15-13-29/h1-11,16,27H,12-15,17H2,(H,28,31). The number of nitrogens with zero attached hydrogens (tertiary/aromatic N) is 2. The summed E-state index contributed by atoms with van der Waals surface area (Å²) >= 11 is -0.699. The van der Waals surface area contributed by atoms with E-state index >= 15 is 0 Å². The van der Waals surface area contributed by atoms with Crippen molar-refractivity contribution in [2.45, 2.75) is 6.54 Å². The van der Waals surface area contributed by atoms with Gasteiger partial charge < -0.3 is 15.2 Å². The van der Waals surface area contributed by atoms with Crippen molar-refractivity contribution in [1.29, 1.82) is 0 Å². The van der Waals surface area contributed by atoms with Gasteiger partial charge in [0, 0.05) is 48.7 Å². The zero-order valence-corrected chi connectivity index (χ0v) is 19.7. The summed E-state index contributed by atoms with van der Waals surface area (Å²) in [5.41, 5.74) is 4.65. The molecule has 1 amide bonds. The van der Waals surface area contributed by atoms with Crippen LogP contribution in [0.25, 0.3) is 11.3 Å². The Morgan fingerprint density at radius 2 is 1.74 bits per heavy atom. The van der Waals surface area contributed by atoms with Gasteiger partial charge in [-0.15, -0.1) is 0 Å². The largest absolute Gasteiger partial charge is 0.616 e. The number of hydrogen-bond acceptors (Lipinski definition) is 6. The van der Waals surface area contributed by atoms with Crippen molar-refractivity contribution >= 4 is 45.4 Å². The fraction of sp³-hybridized carbons (Fsp3) is 0.192. The van der Waals surface area contributed by atoms with E-state index in [0.29, 0.717) is 22.5 Å². The van der Waals surface area contributed by atoms with Gasteiger partial charge in [-0.25, -0.2) is 0 Å². The fourth-order valence-electron chi connectivity index (χ4n) is 4.33. The second kappa shape index (κ2) is 9.91. The summed E-state index contributed by atoms with van der Waals surface area (Å²) in [6.07, 6.45) is 0. The second-order valence-electron chi connectivity index (χ2n) is 8.50. The first-order valence-corrected chi connectivity index (χ1v) is 12.8. The number of nitro benzene ring substituents is 1. The van der Waals surface area contributed by atoms with Gasteiger partial charge in [-0.05, 0) is 29.3 Å². The highest BCUT2D eigenvalue weighted by Crippen LogP contribution is 2.39. The number of nitrogens with one attached hydrogen (secondary N) is 2. The maximum Gasteiger partial charge on any atom is 0.270 e. The van der Waals surface area contributed by atoms with E-state index in [1.807, 2.05) is 54.6 Å². The summed E-state index contributed by atoms with van der Waals surface area (Å²) in [6, 6.07) is 21.8. The number of carbonyl (C=O) groups excluding carboxylic acids is 1. The summed E-state index contributed by atoms with van der Waals surface area (Å²) < 4.78 is 11.6. The lowest BCUT2D eigenvalue weighted by Gasteiger charge is -2.28. The van der Waals surface area contributed by atoms with Gasteiger partial charge in [-0.3, -0.25) is 19.8 Å². The molecule has 2 aliphatic heterocycles. The van der Waals surface area contributed by atoms with Crippen molar-refractivity contribution in [3.05, 3.63) is 99.6 Å². The third-order valence-electron chi connectivity index (χ3n) is 6.17. The number of amides is 1. The van der Waals surface area contributed by atoms with Crippen LogP contribution >= 0.6 is 0 Å². The van der Waals surface area contributed by atoms with Crippen LogP contribution in [0, 0.1) is 10.1 Å². The lowest BCUT2D eigenvalue weighted by molar-refractivity contribution is -0.384. The van der Waals surface area contributed by atoms with Gasteiger partial charge in [-0.1, -0.05) is 53.6 Å². The molecule has 35 heavy (non-hydrogen) atoms. The van der Waals surface area contributed by atoms with Gasteiger partial charge in [0.15, 0.2) is 0 Å². The minimum Gasteiger partial charge on any atom is -0.616 e. The SMILES string of the molecule is O=C1Nc2ccc([N+](=O)[O-])cc2C1=C(Nc1ccc(CN2CC[S+]([O-])CC2)cc1)c1ccccc1. The molecule has 3 aromatic rings. The van der Waals surface area contributed by atoms with E-state index in [0.717, 1.165) is 48.0 Å². The first-order chi connectivity index (χ1) is 17.0. The van der Waals surface area contributed by atoms with Crippen LogP contribution in [-0.2, 0) is 22.5 Å². The zero-order valence-electron chi connectivity index (χ0n) is 18.9. The van der Waals surface area contributed by atoms with Crippen LogP contribution < -0.4 is 10.6 Å². The van der Waals surface area contributed by atoms with Gasteiger partial charge in [0.25, 0.3) is 11.6 Å². The summed E-state index contributed by atoms with van der Waals surface area (Å²) in [6.45, 7) is 2.46. The topological polar surface area (TPSA) is 111 Å². The Hall–Kier alpha value is -3.66. The molecule has 0 radical (unpaired) electrons. The number of carbonyl (C=O) groups is 1. The van der Waals surface area contributed by atoms with E-state index in [1.165, 1.54) is 12.1 Å². The molecule has 8 nitrogen and oxygen atoms in total. The molecule has 5 rings (SSSR count). The molecule has 0 atom stereocenters. The van der Waals surface area contributed by atoms with Gasteiger partial charge in [-0.2, -0.15) is 0 Å². The van der Waals surface area contributed by atoms with Crippen LogP contribution in [0.1, 0.15) is 16.7 Å².